The zero-order valence-electron chi connectivity index (χ0n) is 21.1. The molecule has 0 bridgehead atoms. The third kappa shape index (κ3) is 6.89. The highest BCUT2D eigenvalue weighted by Gasteiger charge is 2.20. The van der Waals surface area contributed by atoms with Crippen LogP contribution in [0.2, 0.25) is 0 Å². The van der Waals surface area contributed by atoms with Crippen molar-refractivity contribution in [2.75, 3.05) is 13.7 Å². The smallest absolute Gasteiger partial charge is 0.258 e. The van der Waals surface area contributed by atoms with Gasteiger partial charge in [-0.1, -0.05) is 37.2 Å². The van der Waals surface area contributed by atoms with Crippen LogP contribution in [0.3, 0.4) is 0 Å². The molecule has 0 radical (unpaired) electrons. The molecule has 1 unspecified atom stereocenters. The Morgan fingerprint density at radius 1 is 1.18 bits per heavy atom. The van der Waals surface area contributed by atoms with E-state index in [4.69, 9.17) is 14.4 Å². The Bertz CT molecular complexity index is 1080. The number of aryl methyl sites for hydroxylation is 1. The highest BCUT2D eigenvalue weighted by Crippen LogP contribution is 2.32. The SMILES string of the molecule is CC.CC(C)Oc1ccc(-c2nc(-c3cccc4c3CCC4)no2)cc1C#N.CNC(C)CO. The molecule has 1 aliphatic rings. The van der Waals surface area contributed by atoms with Gasteiger partial charge in [0.15, 0.2) is 0 Å². The van der Waals surface area contributed by atoms with E-state index in [1.165, 1.54) is 17.5 Å². The number of nitriles is 1. The maximum absolute atomic E-state index is 9.40. The number of ether oxygens (including phenoxy) is 1. The zero-order chi connectivity index (χ0) is 25.1. The summed E-state index contributed by atoms with van der Waals surface area (Å²) < 4.78 is 11.1. The predicted molar refractivity (Wildman–Crippen MR) is 135 cm³/mol. The molecular weight excluding hydrogens is 428 g/mol. The lowest BCUT2D eigenvalue weighted by atomic mass is 10.0. The fourth-order valence-corrected chi connectivity index (χ4v) is 3.48. The van der Waals surface area contributed by atoms with Crippen molar-refractivity contribution in [3.8, 4) is 34.7 Å². The Balaban J connectivity index is 0.000000447. The number of aliphatic hydroxyl groups is 1. The van der Waals surface area contributed by atoms with Gasteiger partial charge in [-0.25, -0.2) is 0 Å². The monoisotopic (exact) mass is 464 g/mol. The molecule has 3 aromatic rings. The molecule has 2 N–H and O–H groups in total. The molecule has 0 amide bonds. The van der Waals surface area contributed by atoms with Crippen molar-refractivity contribution in [2.24, 2.45) is 0 Å². The molecular formula is C27H36N4O3. The summed E-state index contributed by atoms with van der Waals surface area (Å²) in [6.45, 7) is 9.99. The molecule has 1 aliphatic carbocycles. The third-order valence-electron chi connectivity index (χ3n) is 5.29. The van der Waals surface area contributed by atoms with E-state index >= 15 is 0 Å². The number of rotatable bonds is 6. The number of nitrogens with zero attached hydrogens (tertiary/aromatic N) is 3. The Morgan fingerprint density at radius 3 is 2.56 bits per heavy atom. The minimum atomic E-state index is 0.00290. The first-order chi connectivity index (χ1) is 16.5. The lowest BCUT2D eigenvalue weighted by Gasteiger charge is -2.11. The van der Waals surface area contributed by atoms with Crippen molar-refractivity contribution in [3.05, 3.63) is 53.1 Å². The zero-order valence-corrected chi connectivity index (χ0v) is 21.1. The minimum Gasteiger partial charge on any atom is -0.490 e. The van der Waals surface area contributed by atoms with Crippen molar-refractivity contribution in [1.29, 1.82) is 5.26 Å². The van der Waals surface area contributed by atoms with E-state index in [2.05, 4.69) is 27.6 Å². The predicted octanol–water partition coefficient (Wildman–Crippen LogP) is 5.16. The minimum absolute atomic E-state index is 0.00290. The lowest BCUT2D eigenvalue weighted by Crippen LogP contribution is -2.24. The molecule has 7 heteroatoms. The van der Waals surface area contributed by atoms with Crippen LogP contribution in [0.1, 0.15) is 57.7 Å². The van der Waals surface area contributed by atoms with Crippen molar-refractivity contribution >= 4 is 0 Å². The lowest BCUT2D eigenvalue weighted by molar-refractivity contribution is 0.241. The van der Waals surface area contributed by atoms with Gasteiger partial charge in [-0.2, -0.15) is 10.2 Å². The first kappa shape index (κ1) is 27.0. The Labute approximate surface area is 202 Å². The molecule has 0 saturated heterocycles. The second-order valence-electron chi connectivity index (χ2n) is 8.08. The van der Waals surface area contributed by atoms with Crippen LogP contribution in [-0.4, -0.2) is 41.0 Å². The Kier molecular flexibility index (Phi) is 10.7. The topological polar surface area (TPSA) is 104 Å². The van der Waals surface area contributed by atoms with Crippen LogP contribution in [-0.2, 0) is 12.8 Å². The van der Waals surface area contributed by atoms with Gasteiger partial charge >= 0.3 is 0 Å². The molecule has 1 atom stereocenters. The Hall–Kier alpha value is -3.21. The van der Waals surface area contributed by atoms with Crippen molar-refractivity contribution in [3.63, 3.8) is 0 Å². The second kappa shape index (κ2) is 13.5. The van der Waals surface area contributed by atoms with Crippen molar-refractivity contribution < 1.29 is 14.4 Å². The van der Waals surface area contributed by atoms with Gasteiger partial charge in [0.05, 0.1) is 18.3 Å². The fourth-order valence-electron chi connectivity index (χ4n) is 3.48. The summed E-state index contributed by atoms with van der Waals surface area (Å²) in [7, 11) is 1.82. The van der Waals surface area contributed by atoms with Crippen LogP contribution in [0, 0.1) is 11.3 Å². The van der Waals surface area contributed by atoms with E-state index in [0.717, 1.165) is 18.4 Å². The number of likely N-dealkylation sites (N-methyl/N-ethyl adjacent to an activating group) is 1. The normalized spacial score (nSPS) is 12.6. The maximum atomic E-state index is 9.40. The van der Waals surface area contributed by atoms with Gasteiger partial charge in [-0.05, 0) is 76.4 Å². The molecule has 0 fully saturated rings. The van der Waals surface area contributed by atoms with Gasteiger partial charge in [0.1, 0.15) is 11.8 Å². The quantitative estimate of drug-likeness (QED) is 0.519. The van der Waals surface area contributed by atoms with Crippen molar-refractivity contribution in [1.82, 2.24) is 15.5 Å². The molecule has 0 saturated carbocycles. The van der Waals surface area contributed by atoms with E-state index in [-0.39, 0.29) is 18.8 Å². The summed E-state index contributed by atoms with van der Waals surface area (Å²) in [5.41, 5.74) is 4.89. The average Bonchev–Trinajstić information content (AvgIpc) is 3.55. The standard InChI is InChI=1S/C21H19N3O2.C4H11NO.C2H6/c1-13(2)25-19-10-9-15(11-16(19)12-22)21-23-20(24-26-21)18-8-4-6-14-5-3-7-17(14)18;1-4(3-6)5-2;1-2/h4,6,8-11,13H,3,5,7H2,1-2H3;4-6H,3H2,1-2H3;1-2H3. The fraction of sp³-hybridized carbons (Fsp3) is 0.444. The van der Waals surface area contributed by atoms with E-state index in [9.17, 15) is 5.26 Å². The number of aromatic nitrogens is 2. The number of fused-ring (bicyclic) bond motifs is 1. The highest BCUT2D eigenvalue weighted by atomic mass is 16.5. The third-order valence-corrected chi connectivity index (χ3v) is 5.29. The molecule has 0 spiro atoms. The molecule has 0 aliphatic heterocycles. The molecule has 7 nitrogen and oxygen atoms in total. The summed E-state index contributed by atoms with van der Waals surface area (Å²) in [6, 6.07) is 14.0. The summed E-state index contributed by atoms with van der Waals surface area (Å²) in [6.07, 6.45) is 3.33. The van der Waals surface area contributed by atoms with Gasteiger partial charge in [0.25, 0.3) is 5.89 Å². The van der Waals surface area contributed by atoms with E-state index in [1.807, 2.05) is 59.9 Å². The summed E-state index contributed by atoms with van der Waals surface area (Å²) >= 11 is 0. The number of nitrogens with one attached hydrogen (secondary N) is 1. The van der Waals surface area contributed by atoms with Gasteiger partial charge in [0, 0.05) is 17.2 Å². The molecule has 2 aromatic carbocycles. The largest absolute Gasteiger partial charge is 0.490 e. The highest BCUT2D eigenvalue weighted by molar-refractivity contribution is 5.66. The van der Waals surface area contributed by atoms with E-state index in [1.54, 1.807) is 12.1 Å². The number of hydrogen-bond acceptors (Lipinski definition) is 7. The second-order valence-corrected chi connectivity index (χ2v) is 8.08. The van der Waals surface area contributed by atoms with Gasteiger partial charge < -0.3 is 19.7 Å². The molecule has 4 rings (SSSR count). The van der Waals surface area contributed by atoms with Crippen LogP contribution in [0.4, 0.5) is 0 Å². The number of benzene rings is 2. The summed E-state index contributed by atoms with van der Waals surface area (Å²) in [5.74, 6) is 1.56. The van der Waals surface area contributed by atoms with E-state index in [0.29, 0.717) is 28.6 Å². The van der Waals surface area contributed by atoms with Gasteiger partial charge in [-0.3, -0.25) is 0 Å². The van der Waals surface area contributed by atoms with Crippen molar-refractivity contribution in [2.45, 2.75) is 66.0 Å². The molecule has 34 heavy (non-hydrogen) atoms. The first-order valence-corrected chi connectivity index (χ1v) is 11.9. The Morgan fingerprint density at radius 2 is 1.94 bits per heavy atom. The summed E-state index contributed by atoms with van der Waals surface area (Å²) in [4.78, 5) is 4.57. The average molecular weight is 465 g/mol. The number of aliphatic hydroxyl groups excluding tert-OH is 1. The first-order valence-electron chi connectivity index (χ1n) is 11.9. The molecule has 182 valence electrons. The van der Waals surface area contributed by atoms with E-state index < -0.39 is 0 Å². The van der Waals surface area contributed by atoms with Crippen LogP contribution in [0.15, 0.2) is 40.9 Å². The van der Waals surface area contributed by atoms with Crippen LogP contribution < -0.4 is 10.1 Å². The van der Waals surface area contributed by atoms with Crippen LogP contribution >= 0.6 is 0 Å². The maximum Gasteiger partial charge on any atom is 0.258 e. The molecule has 1 aromatic heterocycles. The van der Waals surface area contributed by atoms with Crippen LogP contribution in [0.25, 0.3) is 22.8 Å². The van der Waals surface area contributed by atoms with Gasteiger partial charge in [-0.15, -0.1) is 0 Å². The van der Waals surface area contributed by atoms with Gasteiger partial charge in [0.2, 0.25) is 5.82 Å². The van der Waals surface area contributed by atoms with Crippen LogP contribution in [0.5, 0.6) is 5.75 Å². The summed E-state index contributed by atoms with van der Waals surface area (Å²) in [5, 5.41) is 24.7. The molecule has 1 heterocycles. The number of hydrogen-bond donors (Lipinski definition) is 2.